The van der Waals surface area contributed by atoms with E-state index in [9.17, 15) is 13.6 Å². The van der Waals surface area contributed by atoms with Gasteiger partial charge in [0.25, 0.3) is 0 Å². The highest BCUT2D eigenvalue weighted by molar-refractivity contribution is 5.82. The molecule has 0 N–H and O–H groups in total. The number of hydrogen-bond acceptors (Lipinski definition) is 1. The molecule has 13 heavy (non-hydrogen) atoms. The first-order valence-electron chi connectivity index (χ1n) is 4.66. The summed E-state index contributed by atoms with van der Waals surface area (Å²) in [5, 5.41) is 0. The number of nitrogens with zero attached hydrogens (tertiary/aromatic N) is 1. The van der Waals surface area contributed by atoms with Crippen molar-refractivity contribution in [1.29, 1.82) is 0 Å². The minimum absolute atomic E-state index is 0.0874. The van der Waals surface area contributed by atoms with Gasteiger partial charge >= 0.3 is 0 Å². The molecule has 0 aromatic carbocycles. The standard InChI is InChI=1S/C9H13F2NO/c1-5-2-7(5)9(13)12-3-6(4-12)8(10)11/h5-8H,2-4H2,1H3/t5-,7-/m1/s1. The van der Waals surface area contributed by atoms with E-state index in [0.717, 1.165) is 6.42 Å². The van der Waals surface area contributed by atoms with Gasteiger partial charge in [0.15, 0.2) is 0 Å². The summed E-state index contributed by atoms with van der Waals surface area (Å²) < 4.78 is 24.1. The molecular formula is C9H13F2NO. The number of rotatable bonds is 2. The van der Waals surface area contributed by atoms with Crippen molar-refractivity contribution in [2.75, 3.05) is 13.1 Å². The van der Waals surface area contributed by atoms with E-state index in [1.165, 1.54) is 0 Å². The second-order valence-corrected chi connectivity index (χ2v) is 4.16. The summed E-state index contributed by atoms with van der Waals surface area (Å²) in [6.07, 6.45) is -1.32. The Balaban J connectivity index is 1.77. The Labute approximate surface area is 75.9 Å². The van der Waals surface area contributed by atoms with Crippen molar-refractivity contribution in [2.24, 2.45) is 17.8 Å². The van der Waals surface area contributed by atoms with E-state index in [1.54, 1.807) is 4.90 Å². The maximum absolute atomic E-state index is 12.1. The molecule has 1 aliphatic heterocycles. The van der Waals surface area contributed by atoms with Gasteiger partial charge in [-0.1, -0.05) is 6.92 Å². The van der Waals surface area contributed by atoms with E-state index < -0.39 is 12.3 Å². The van der Waals surface area contributed by atoms with E-state index >= 15 is 0 Å². The lowest BCUT2D eigenvalue weighted by Gasteiger charge is -2.38. The highest BCUT2D eigenvalue weighted by atomic mass is 19.3. The van der Waals surface area contributed by atoms with E-state index in [2.05, 4.69) is 0 Å². The Hall–Kier alpha value is -0.670. The van der Waals surface area contributed by atoms with Gasteiger partial charge in [0.1, 0.15) is 0 Å². The lowest BCUT2D eigenvalue weighted by molar-refractivity contribution is -0.143. The molecule has 1 amide bonds. The summed E-state index contributed by atoms with van der Waals surface area (Å²) in [6.45, 7) is 2.55. The van der Waals surface area contributed by atoms with E-state index in [0.29, 0.717) is 5.92 Å². The molecule has 2 nitrogen and oxygen atoms in total. The minimum Gasteiger partial charge on any atom is -0.341 e. The van der Waals surface area contributed by atoms with Crippen LogP contribution >= 0.6 is 0 Å². The van der Waals surface area contributed by atoms with Gasteiger partial charge in [-0.15, -0.1) is 0 Å². The third kappa shape index (κ3) is 1.54. The number of likely N-dealkylation sites (tertiary alicyclic amines) is 1. The molecule has 0 bridgehead atoms. The average molecular weight is 189 g/mol. The number of halogens is 2. The third-order valence-electron chi connectivity index (χ3n) is 3.00. The Morgan fingerprint density at radius 2 is 2.00 bits per heavy atom. The molecule has 2 aliphatic rings. The largest absolute Gasteiger partial charge is 0.341 e. The SMILES string of the molecule is C[C@@H]1C[C@H]1C(=O)N1CC(C(F)F)C1. The second-order valence-electron chi connectivity index (χ2n) is 4.16. The average Bonchev–Trinajstić information content (AvgIpc) is 2.62. The van der Waals surface area contributed by atoms with Crippen molar-refractivity contribution in [3.63, 3.8) is 0 Å². The van der Waals surface area contributed by atoms with E-state index in [1.807, 2.05) is 6.92 Å². The number of carbonyl (C=O) groups is 1. The Bertz CT molecular complexity index is 226. The lowest BCUT2D eigenvalue weighted by atomic mass is 10.00. The zero-order chi connectivity index (χ0) is 9.59. The molecule has 4 heteroatoms. The predicted molar refractivity (Wildman–Crippen MR) is 43.3 cm³/mol. The van der Waals surface area contributed by atoms with Crippen LogP contribution in [0, 0.1) is 17.8 Å². The first-order valence-corrected chi connectivity index (χ1v) is 4.66. The maximum Gasteiger partial charge on any atom is 0.244 e. The molecule has 1 saturated carbocycles. The number of alkyl halides is 2. The Morgan fingerprint density at radius 1 is 1.46 bits per heavy atom. The highest BCUT2D eigenvalue weighted by Gasteiger charge is 2.46. The molecule has 0 unspecified atom stereocenters. The van der Waals surface area contributed by atoms with Crippen molar-refractivity contribution >= 4 is 5.91 Å². The third-order valence-corrected chi connectivity index (χ3v) is 3.00. The van der Waals surface area contributed by atoms with Gasteiger partial charge in [-0.25, -0.2) is 8.78 Å². The normalized spacial score (nSPS) is 33.4. The van der Waals surface area contributed by atoms with Gasteiger partial charge < -0.3 is 4.90 Å². The predicted octanol–water partition coefficient (Wildman–Crippen LogP) is 1.37. The monoisotopic (exact) mass is 189 g/mol. The summed E-state index contributed by atoms with van der Waals surface area (Å²) in [7, 11) is 0. The van der Waals surface area contributed by atoms with Crippen molar-refractivity contribution in [2.45, 2.75) is 19.8 Å². The lowest BCUT2D eigenvalue weighted by Crippen LogP contribution is -2.53. The van der Waals surface area contributed by atoms with Gasteiger partial charge in [0.05, 0.1) is 5.92 Å². The fourth-order valence-corrected chi connectivity index (χ4v) is 1.75. The Kier molecular flexibility index (Phi) is 2.00. The van der Waals surface area contributed by atoms with Crippen LogP contribution in [0.2, 0.25) is 0 Å². The molecule has 1 aliphatic carbocycles. The van der Waals surface area contributed by atoms with Gasteiger partial charge in [0, 0.05) is 19.0 Å². The van der Waals surface area contributed by atoms with Crippen LogP contribution in [0.4, 0.5) is 8.78 Å². The van der Waals surface area contributed by atoms with E-state index in [4.69, 9.17) is 0 Å². The first kappa shape index (κ1) is 8.91. The first-order chi connectivity index (χ1) is 6.09. The maximum atomic E-state index is 12.1. The molecular weight excluding hydrogens is 176 g/mol. The van der Waals surface area contributed by atoms with Gasteiger partial charge in [-0.05, 0) is 12.3 Å². The van der Waals surface area contributed by atoms with Crippen LogP contribution < -0.4 is 0 Å². The summed E-state index contributed by atoms with van der Waals surface area (Å²) >= 11 is 0. The van der Waals surface area contributed by atoms with Crippen LogP contribution in [0.5, 0.6) is 0 Å². The van der Waals surface area contributed by atoms with Crippen LogP contribution in [-0.2, 0) is 4.79 Å². The smallest absolute Gasteiger partial charge is 0.244 e. The topological polar surface area (TPSA) is 20.3 Å². The molecule has 2 atom stereocenters. The van der Waals surface area contributed by atoms with Crippen molar-refractivity contribution in [3.05, 3.63) is 0 Å². The number of hydrogen-bond donors (Lipinski definition) is 0. The molecule has 0 aromatic rings. The number of carbonyl (C=O) groups excluding carboxylic acids is 1. The summed E-state index contributed by atoms with van der Waals surface area (Å²) in [6, 6.07) is 0. The fraction of sp³-hybridized carbons (Fsp3) is 0.889. The Morgan fingerprint density at radius 3 is 2.38 bits per heavy atom. The molecule has 2 rings (SSSR count). The van der Waals surface area contributed by atoms with Crippen LogP contribution in [-0.4, -0.2) is 30.3 Å². The van der Waals surface area contributed by atoms with Crippen LogP contribution in [0.15, 0.2) is 0 Å². The van der Waals surface area contributed by atoms with Gasteiger partial charge in [-0.3, -0.25) is 4.79 Å². The molecule has 1 saturated heterocycles. The summed E-state index contributed by atoms with van der Waals surface area (Å²) in [4.78, 5) is 13.0. The second kappa shape index (κ2) is 2.93. The van der Waals surface area contributed by atoms with Crippen LogP contribution in [0.1, 0.15) is 13.3 Å². The molecule has 74 valence electrons. The number of amides is 1. The summed E-state index contributed by atoms with van der Waals surface area (Å²) in [5.41, 5.74) is 0. The quantitative estimate of drug-likeness (QED) is 0.642. The zero-order valence-electron chi connectivity index (χ0n) is 7.54. The van der Waals surface area contributed by atoms with Crippen molar-refractivity contribution in [1.82, 2.24) is 4.90 Å². The highest BCUT2D eigenvalue weighted by Crippen LogP contribution is 2.40. The van der Waals surface area contributed by atoms with Gasteiger partial charge in [-0.2, -0.15) is 0 Å². The van der Waals surface area contributed by atoms with Crippen molar-refractivity contribution in [3.8, 4) is 0 Å². The minimum atomic E-state index is -2.26. The molecule has 2 fully saturated rings. The molecule has 0 spiro atoms. The molecule has 0 aromatic heterocycles. The van der Waals surface area contributed by atoms with Crippen molar-refractivity contribution < 1.29 is 13.6 Å². The van der Waals surface area contributed by atoms with Crippen LogP contribution in [0.3, 0.4) is 0 Å². The van der Waals surface area contributed by atoms with Crippen LogP contribution in [0.25, 0.3) is 0 Å². The van der Waals surface area contributed by atoms with Gasteiger partial charge in [0.2, 0.25) is 12.3 Å². The summed E-state index contributed by atoms with van der Waals surface area (Å²) in [5.74, 6) is 0.124. The zero-order valence-corrected chi connectivity index (χ0v) is 7.54. The molecule has 0 radical (unpaired) electrons. The van der Waals surface area contributed by atoms with E-state index in [-0.39, 0.29) is 24.9 Å². The fourth-order valence-electron chi connectivity index (χ4n) is 1.75. The molecule has 1 heterocycles.